The fourth-order valence-electron chi connectivity index (χ4n) is 4.31. The number of methoxy groups -OCH3 is 2. The summed E-state index contributed by atoms with van der Waals surface area (Å²) in [7, 11) is 3.11. The number of carbonyl (C=O) groups excluding carboxylic acids is 2. The summed E-state index contributed by atoms with van der Waals surface area (Å²) in [6, 6.07) is 18.3. The minimum absolute atomic E-state index is 0.0285. The van der Waals surface area contributed by atoms with Gasteiger partial charge < -0.3 is 19.3 Å². The number of ketones is 1. The smallest absolute Gasteiger partial charge is 0.301 e. The Morgan fingerprint density at radius 2 is 1.68 bits per heavy atom. The number of carbonyl (C=O) groups is 2. The zero-order valence-electron chi connectivity index (χ0n) is 20.4. The van der Waals surface area contributed by atoms with E-state index in [0.717, 1.165) is 4.70 Å². The van der Waals surface area contributed by atoms with Crippen molar-refractivity contribution in [2.24, 2.45) is 0 Å². The van der Waals surface area contributed by atoms with Gasteiger partial charge in [-0.25, -0.2) is 4.98 Å². The van der Waals surface area contributed by atoms with Crippen molar-refractivity contribution in [2.45, 2.75) is 13.0 Å². The van der Waals surface area contributed by atoms with Crippen LogP contribution in [0, 0.1) is 0 Å². The molecule has 1 saturated heterocycles. The molecular formula is C28H24N2O6S. The van der Waals surface area contributed by atoms with Crippen molar-refractivity contribution in [3.8, 4) is 17.2 Å². The summed E-state index contributed by atoms with van der Waals surface area (Å²) in [5, 5.41) is 11.7. The van der Waals surface area contributed by atoms with E-state index >= 15 is 0 Å². The maximum atomic E-state index is 13.5. The average molecular weight is 517 g/mol. The molecule has 0 radical (unpaired) electrons. The van der Waals surface area contributed by atoms with Gasteiger partial charge in [-0.05, 0) is 67.1 Å². The normalized spacial score (nSPS) is 16.8. The quantitative estimate of drug-likeness (QED) is 0.201. The number of hydrogen-bond acceptors (Lipinski definition) is 8. The molecule has 0 saturated carbocycles. The van der Waals surface area contributed by atoms with E-state index < -0.39 is 17.7 Å². The van der Waals surface area contributed by atoms with Crippen LogP contribution in [0.5, 0.6) is 17.2 Å². The van der Waals surface area contributed by atoms with E-state index in [2.05, 4.69) is 4.98 Å². The Bertz CT molecular complexity index is 1530. The van der Waals surface area contributed by atoms with Gasteiger partial charge in [-0.3, -0.25) is 14.5 Å². The molecule has 2 heterocycles. The highest BCUT2D eigenvalue weighted by molar-refractivity contribution is 7.22. The number of fused-ring (bicyclic) bond motifs is 1. The van der Waals surface area contributed by atoms with Crippen molar-refractivity contribution in [2.75, 3.05) is 25.7 Å². The van der Waals surface area contributed by atoms with Crippen LogP contribution in [0.25, 0.3) is 16.0 Å². The molecule has 1 N–H and O–H groups in total. The van der Waals surface area contributed by atoms with Gasteiger partial charge in [0.1, 0.15) is 23.0 Å². The van der Waals surface area contributed by atoms with E-state index in [1.54, 1.807) is 67.8 Å². The van der Waals surface area contributed by atoms with E-state index in [0.29, 0.717) is 45.6 Å². The van der Waals surface area contributed by atoms with Crippen LogP contribution in [0.1, 0.15) is 24.1 Å². The van der Waals surface area contributed by atoms with Crippen molar-refractivity contribution >= 4 is 44.1 Å². The lowest BCUT2D eigenvalue weighted by Gasteiger charge is -2.23. The number of rotatable bonds is 7. The lowest BCUT2D eigenvalue weighted by Crippen LogP contribution is -2.29. The summed E-state index contributed by atoms with van der Waals surface area (Å²) in [6.45, 7) is 2.38. The van der Waals surface area contributed by atoms with Gasteiger partial charge in [0, 0.05) is 5.56 Å². The zero-order chi connectivity index (χ0) is 26.1. The molecule has 8 nitrogen and oxygen atoms in total. The predicted octanol–water partition coefficient (Wildman–Crippen LogP) is 5.34. The highest BCUT2D eigenvalue weighted by Crippen LogP contribution is 2.45. The van der Waals surface area contributed by atoms with Crippen LogP contribution in [-0.2, 0) is 9.59 Å². The first kappa shape index (κ1) is 24.3. The molecule has 188 valence electrons. The van der Waals surface area contributed by atoms with Crippen molar-refractivity contribution < 1.29 is 28.9 Å². The number of amides is 1. The zero-order valence-corrected chi connectivity index (χ0v) is 21.2. The molecule has 3 aromatic carbocycles. The number of aromatic nitrogens is 1. The summed E-state index contributed by atoms with van der Waals surface area (Å²) in [6.07, 6.45) is 0. The Balaban J connectivity index is 1.68. The third-order valence-corrected chi connectivity index (χ3v) is 7.10. The number of Topliss-reactive ketones (excluding diaryl/α,β-unsaturated/α-hetero) is 1. The molecule has 1 atom stereocenters. The molecule has 1 aliphatic rings. The van der Waals surface area contributed by atoms with Crippen molar-refractivity contribution in [3.05, 3.63) is 83.4 Å². The molecule has 1 fully saturated rings. The van der Waals surface area contributed by atoms with Crippen LogP contribution in [0.15, 0.2) is 72.3 Å². The Hall–Kier alpha value is -4.37. The van der Waals surface area contributed by atoms with Gasteiger partial charge in [0.25, 0.3) is 5.78 Å². The number of anilines is 1. The highest BCUT2D eigenvalue weighted by Gasteiger charge is 2.48. The second kappa shape index (κ2) is 9.94. The van der Waals surface area contributed by atoms with Crippen molar-refractivity contribution in [1.29, 1.82) is 0 Å². The maximum absolute atomic E-state index is 13.5. The first-order valence-corrected chi connectivity index (χ1v) is 12.4. The summed E-state index contributed by atoms with van der Waals surface area (Å²) in [4.78, 5) is 32.8. The van der Waals surface area contributed by atoms with Gasteiger partial charge in [0.15, 0.2) is 5.13 Å². The van der Waals surface area contributed by atoms with Gasteiger partial charge >= 0.3 is 5.91 Å². The van der Waals surface area contributed by atoms with Gasteiger partial charge in [0.2, 0.25) is 0 Å². The topological polar surface area (TPSA) is 98.2 Å². The third-order valence-electron chi connectivity index (χ3n) is 6.08. The van der Waals surface area contributed by atoms with E-state index in [4.69, 9.17) is 14.2 Å². The van der Waals surface area contributed by atoms with Crippen molar-refractivity contribution in [3.63, 3.8) is 0 Å². The first-order valence-electron chi connectivity index (χ1n) is 11.6. The number of ether oxygens (including phenoxy) is 3. The lowest BCUT2D eigenvalue weighted by atomic mass is 9.95. The lowest BCUT2D eigenvalue weighted by molar-refractivity contribution is -0.132. The maximum Gasteiger partial charge on any atom is 0.301 e. The molecular weight excluding hydrogens is 492 g/mol. The fraction of sp³-hybridized carbons (Fsp3) is 0.179. The minimum atomic E-state index is -0.913. The van der Waals surface area contributed by atoms with Gasteiger partial charge in [-0.15, -0.1) is 0 Å². The second-order valence-corrected chi connectivity index (χ2v) is 9.24. The van der Waals surface area contributed by atoms with Gasteiger partial charge in [0.05, 0.1) is 42.7 Å². The number of thiazole rings is 1. The Morgan fingerprint density at radius 1 is 0.973 bits per heavy atom. The summed E-state index contributed by atoms with van der Waals surface area (Å²) in [5.74, 6) is -0.00147. The predicted molar refractivity (Wildman–Crippen MR) is 142 cm³/mol. The third kappa shape index (κ3) is 4.38. The van der Waals surface area contributed by atoms with Crippen LogP contribution >= 0.6 is 11.3 Å². The Labute approximate surface area is 217 Å². The molecule has 1 amide bonds. The number of aliphatic hydroxyl groups excluding tert-OH is 1. The molecule has 1 aromatic heterocycles. The monoisotopic (exact) mass is 516 g/mol. The highest BCUT2D eigenvalue weighted by atomic mass is 32.1. The molecule has 37 heavy (non-hydrogen) atoms. The largest absolute Gasteiger partial charge is 0.507 e. The molecule has 0 aliphatic carbocycles. The average Bonchev–Trinajstić information content (AvgIpc) is 3.46. The van der Waals surface area contributed by atoms with Crippen LogP contribution in [-0.4, -0.2) is 42.6 Å². The van der Waals surface area contributed by atoms with E-state index in [1.807, 2.05) is 13.0 Å². The number of benzene rings is 3. The second-order valence-electron chi connectivity index (χ2n) is 8.23. The SMILES string of the molecule is CCOc1ccc(C(O)=C2C(=O)C(=O)N(c3nc4ccc(OC)cc4s3)C2c2cccc(OC)c2)cc1. The first-order chi connectivity index (χ1) is 17.9. The molecule has 1 aliphatic heterocycles. The summed E-state index contributed by atoms with van der Waals surface area (Å²) < 4.78 is 17.0. The van der Waals surface area contributed by atoms with E-state index in [9.17, 15) is 14.7 Å². The van der Waals surface area contributed by atoms with Crippen LogP contribution in [0.2, 0.25) is 0 Å². The van der Waals surface area contributed by atoms with Crippen LogP contribution in [0.4, 0.5) is 5.13 Å². The Morgan fingerprint density at radius 3 is 2.38 bits per heavy atom. The number of aliphatic hydroxyl groups is 1. The van der Waals surface area contributed by atoms with Crippen molar-refractivity contribution in [1.82, 2.24) is 4.98 Å². The van der Waals surface area contributed by atoms with Crippen LogP contribution < -0.4 is 19.1 Å². The Kier molecular flexibility index (Phi) is 6.54. The summed E-state index contributed by atoms with van der Waals surface area (Å²) in [5.41, 5.74) is 1.63. The molecule has 4 aromatic rings. The fourth-order valence-corrected chi connectivity index (χ4v) is 5.33. The minimum Gasteiger partial charge on any atom is -0.507 e. The van der Waals surface area contributed by atoms with Gasteiger partial charge in [-0.1, -0.05) is 23.5 Å². The standard InChI is InChI=1S/C28H24N2O6S/c1-4-36-18-10-8-16(9-11-18)25(31)23-24(17-6-5-7-19(14-17)34-2)30(27(33)26(23)32)28-29-21-13-12-20(35-3)15-22(21)37-28/h5-15,24,31H,4H2,1-3H3. The number of nitrogens with zero attached hydrogens (tertiary/aromatic N) is 2. The number of hydrogen-bond donors (Lipinski definition) is 1. The molecule has 0 spiro atoms. The van der Waals surface area contributed by atoms with Gasteiger partial charge in [-0.2, -0.15) is 0 Å². The molecule has 0 bridgehead atoms. The van der Waals surface area contributed by atoms with Crippen LogP contribution in [0.3, 0.4) is 0 Å². The van der Waals surface area contributed by atoms with E-state index in [1.165, 1.54) is 23.3 Å². The van der Waals surface area contributed by atoms with E-state index in [-0.39, 0.29) is 11.3 Å². The molecule has 9 heteroatoms. The molecule has 1 unspecified atom stereocenters. The summed E-state index contributed by atoms with van der Waals surface area (Å²) >= 11 is 1.26. The molecule has 5 rings (SSSR count).